The summed E-state index contributed by atoms with van der Waals surface area (Å²) in [6.07, 6.45) is 0.0417. The Balaban J connectivity index is 1.88. The second-order valence-corrected chi connectivity index (χ2v) is 5.90. The first-order valence-corrected chi connectivity index (χ1v) is 8.34. The van der Waals surface area contributed by atoms with Crippen molar-refractivity contribution in [3.8, 4) is 17.2 Å². The summed E-state index contributed by atoms with van der Waals surface area (Å²) in [4.78, 5) is 0. The predicted octanol–water partition coefficient (Wildman–Crippen LogP) is 1.64. The molecule has 0 aromatic heterocycles. The van der Waals surface area contributed by atoms with Crippen LogP contribution in [0.25, 0.3) is 0 Å². The van der Waals surface area contributed by atoms with E-state index in [0.29, 0.717) is 23.8 Å². The molecule has 1 saturated heterocycles. The van der Waals surface area contributed by atoms with Crippen molar-refractivity contribution in [2.75, 3.05) is 27.9 Å². The normalized spacial score (nSPS) is 20.0. The van der Waals surface area contributed by atoms with E-state index in [1.165, 1.54) is 0 Å². The molecular formula is C19H24N4O3. The van der Waals surface area contributed by atoms with Crippen LogP contribution in [0.4, 0.5) is 0 Å². The molecule has 138 valence electrons. The van der Waals surface area contributed by atoms with E-state index >= 15 is 0 Å². The summed E-state index contributed by atoms with van der Waals surface area (Å²) in [5.41, 5.74) is 2.70. The van der Waals surface area contributed by atoms with E-state index in [1.807, 2.05) is 30.3 Å². The molecule has 4 N–H and O–H groups in total. The van der Waals surface area contributed by atoms with Crippen molar-refractivity contribution in [2.45, 2.75) is 12.2 Å². The molecule has 0 spiro atoms. The summed E-state index contributed by atoms with van der Waals surface area (Å²) in [6, 6.07) is 13.8. The van der Waals surface area contributed by atoms with Gasteiger partial charge in [0.15, 0.2) is 11.5 Å². The van der Waals surface area contributed by atoms with Crippen LogP contribution in [0, 0.1) is 0 Å². The number of hydrogen-bond acceptors (Lipinski definition) is 7. The van der Waals surface area contributed by atoms with E-state index in [1.54, 1.807) is 21.3 Å². The molecule has 0 amide bonds. The highest BCUT2D eigenvalue weighted by atomic mass is 16.5. The van der Waals surface area contributed by atoms with Crippen LogP contribution in [0.1, 0.15) is 17.3 Å². The van der Waals surface area contributed by atoms with Crippen LogP contribution in [0.5, 0.6) is 17.2 Å². The molecule has 26 heavy (non-hydrogen) atoms. The number of hydrazone groups is 1. The Morgan fingerprint density at radius 3 is 2.23 bits per heavy atom. The first kappa shape index (κ1) is 18.0. The Morgan fingerprint density at radius 2 is 1.69 bits per heavy atom. The van der Waals surface area contributed by atoms with Gasteiger partial charge in [-0.3, -0.25) is 10.6 Å². The van der Waals surface area contributed by atoms with E-state index in [4.69, 9.17) is 20.1 Å². The third kappa shape index (κ3) is 3.44. The Labute approximate surface area is 153 Å². The third-order valence-electron chi connectivity index (χ3n) is 4.46. The molecule has 0 radical (unpaired) electrons. The zero-order valence-corrected chi connectivity index (χ0v) is 15.2. The summed E-state index contributed by atoms with van der Waals surface area (Å²) in [6.45, 7) is 0.701. The van der Waals surface area contributed by atoms with Crippen LogP contribution in [-0.4, -0.2) is 39.6 Å². The van der Waals surface area contributed by atoms with E-state index in [9.17, 15) is 0 Å². The van der Waals surface area contributed by atoms with Crippen LogP contribution in [0.2, 0.25) is 0 Å². The average molecular weight is 356 g/mol. The van der Waals surface area contributed by atoms with Crippen LogP contribution < -0.4 is 30.7 Å². The molecule has 2 aromatic carbocycles. The number of benzene rings is 2. The molecule has 1 aliphatic heterocycles. The van der Waals surface area contributed by atoms with Gasteiger partial charge >= 0.3 is 0 Å². The number of rotatable bonds is 6. The van der Waals surface area contributed by atoms with Crippen molar-refractivity contribution < 1.29 is 14.2 Å². The molecule has 3 rings (SSSR count). The fraction of sp³-hybridized carbons (Fsp3) is 0.316. The van der Waals surface area contributed by atoms with Crippen molar-refractivity contribution in [1.82, 2.24) is 10.6 Å². The Morgan fingerprint density at radius 1 is 1.04 bits per heavy atom. The van der Waals surface area contributed by atoms with Gasteiger partial charge in [0.25, 0.3) is 0 Å². The molecule has 0 aliphatic carbocycles. The third-order valence-corrected chi connectivity index (χ3v) is 4.46. The minimum absolute atomic E-state index is 0.0417. The van der Waals surface area contributed by atoms with E-state index in [2.05, 4.69) is 27.9 Å². The predicted molar refractivity (Wildman–Crippen MR) is 101 cm³/mol. The zero-order chi connectivity index (χ0) is 18.5. The molecule has 7 heteroatoms. The second kappa shape index (κ2) is 8.07. The molecule has 0 bridgehead atoms. The smallest absolute Gasteiger partial charge is 0.203 e. The molecule has 1 fully saturated rings. The van der Waals surface area contributed by atoms with Gasteiger partial charge in [-0.2, -0.15) is 5.10 Å². The quantitative estimate of drug-likeness (QED) is 0.414. The van der Waals surface area contributed by atoms with Gasteiger partial charge in [-0.25, -0.2) is 0 Å². The summed E-state index contributed by atoms with van der Waals surface area (Å²) < 4.78 is 16.2. The molecule has 2 unspecified atom stereocenters. The maximum absolute atomic E-state index is 5.73. The summed E-state index contributed by atoms with van der Waals surface area (Å²) in [5, 5.41) is 11.0. The van der Waals surface area contributed by atoms with Gasteiger partial charge in [-0.05, 0) is 17.7 Å². The summed E-state index contributed by atoms with van der Waals surface area (Å²) in [5.74, 6) is 7.39. The number of nitrogens with one attached hydrogen (secondary N) is 2. The highest BCUT2D eigenvalue weighted by molar-refractivity contribution is 6.05. The van der Waals surface area contributed by atoms with E-state index < -0.39 is 0 Å². The summed E-state index contributed by atoms with van der Waals surface area (Å²) >= 11 is 0. The Hall–Kier alpha value is -2.77. The number of methoxy groups -OCH3 is 3. The zero-order valence-electron chi connectivity index (χ0n) is 15.2. The molecular weight excluding hydrogens is 332 g/mol. The Bertz CT molecular complexity index is 755. The van der Waals surface area contributed by atoms with Crippen LogP contribution >= 0.6 is 0 Å². The van der Waals surface area contributed by atoms with Gasteiger partial charge in [-0.1, -0.05) is 30.3 Å². The second-order valence-electron chi connectivity index (χ2n) is 5.90. The fourth-order valence-electron chi connectivity index (χ4n) is 3.18. The van der Waals surface area contributed by atoms with Crippen molar-refractivity contribution in [3.05, 3.63) is 53.6 Å². The Kier molecular flexibility index (Phi) is 5.60. The van der Waals surface area contributed by atoms with E-state index in [0.717, 1.165) is 16.8 Å². The SMILES string of the molecule is COc1cc(/C(=N\N)C2CNC(c3ccccc3)N2)cc(OC)c1OC. The van der Waals surface area contributed by atoms with Crippen molar-refractivity contribution >= 4 is 5.71 Å². The lowest BCUT2D eigenvalue weighted by Crippen LogP contribution is -2.35. The standard InChI is InChI=1S/C19H24N4O3/c1-24-15-9-13(10-16(25-2)18(15)26-3)17(23-20)14-11-21-19(22-14)12-7-5-4-6-8-12/h4-10,14,19,21-22H,11,20H2,1-3H3/b23-17+. The minimum Gasteiger partial charge on any atom is -0.493 e. The first-order chi connectivity index (χ1) is 12.7. The lowest BCUT2D eigenvalue weighted by atomic mass is 10.0. The fourth-order valence-corrected chi connectivity index (χ4v) is 3.18. The largest absolute Gasteiger partial charge is 0.493 e. The van der Waals surface area contributed by atoms with Crippen molar-refractivity contribution in [1.29, 1.82) is 0 Å². The molecule has 7 nitrogen and oxygen atoms in total. The lowest BCUT2D eigenvalue weighted by Gasteiger charge is -2.18. The molecule has 1 aliphatic rings. The summed E-state index contributed by atoms with van der Waals surface area (Å²) in [7, 11) is 4.74. The average Bonchev–Trinajstić information content (AvgIpc) is 3.18. The molecule has 0 saturated carbocycles. The van der Waals surface area contributed by atoms with E-state index in [-0.39, 0.29) is 12.2 Å². The van der Waals surface area contributed by atoms with Gasteiger partial charge in [-0.15, -0.1) is 0 Å². The number of nitrogens with zero attached hydrogens (tertiary/aromatic N) is 1. The van der Waals surface area contributed by atoms with Crippen molar-refractivity contribution in [3.63, 3.8) is 0 Å². The first-order valence-electron chi connectivity index (χ1n) is 8.34. The maximum Gasteiger partial charge on any atom is 0.203 e. The highest BCUT2D eigenvalue weighted by Gasteiger charge is 2.29. The van der Waals surface area contributed by atoms with Gasteiger partial charge in [0, 0.05) is 12.1 Å². The number of nitrogens with two attached hydrogens (primary N) is 1. The van der Waals surface area contributed by atoms with Crippen molar-refractivity contribution in [2.24, 2.45) is 10.9 Å². The van der Waals surface area contributed by atoms with Crippen LogP contribution in [0.3, 0.4) is 0 Å². The van der Waals surface area contributed by atoms with Gasteiger partial charge in [0.1, 0.15) is 0 Å². The van der Waals surface area contributed by atoms with Gasteiger partial charge in [0.05, 0.1) is 39.2 Å². The van der Waals surface area contributed by atoms with Gasteiger partial charge in [0.2, 0.25) is 5.75 Å². The maximum atomic E-state index is 5.73. The molecule has 2 atom stereocenters. The lowest BCUT2D eigenvalue weighted by molar-refractivity contribution is 0.324. The molecule has 1 heterocycles. The number of ether oxygens (including phenoxy) is 3. The topological polar surface area (TPSA) is 90.1 Å². The van der Waals surface area contributed by atoms with Crippen LogP contribution in [0.15, 0.2) is 47.6 Å². The minimum atomic E-state index is -0.0481. The van der Waals surface area contributed by atoms with Gasteiger partial charge < -0.3 is 20.1 Å². The van der Waals surface area contributed by atoms with Crippen LogP contribution in [-0.2, 0) is 0 Å². The monoisotopic (exact) mass is 356 g/mol. The number of hydrogen-bond donors (Lipinski definition) is 3. The highest BCUT2D eigenvalue weighted by Crippen LogP contribution is 2.38. The molecule has 2 aromatic rings.